The third-order valence-corrected chi connectivity index (χ3v) is 3.08. The minimum absolute atomic E-state index is 0.369. The number of rotatable bonds is 4. The van der Waals surface area contributed by atoms with Crippen LogP contribution in [0.4, 0.5) is 5.69 Å². The molecular weight excluding hydrogens is 236 g/mol. The normalized spacial score (nSPS) is 11.9. The van der Waals surface area contributed by atoms with Gasteiger partial charge in [0.05, 0.1) is 11.8 Å². The number of aryl methyl sites for hydroxylation is 3. The van der Waals surface area contributed by atoms with E-state index in [4.69, 9.17) is 0 Å². The Labute approximate surface area is 113 Å². The van der Waals surface area contributed by atoms with Crippen LogP contribution in [0.1, 0.15) is 29.8 Å². The van der Waals surface area contributed by atoms with Crippen LogP contribution in [0.5, 0.6) is 0 Å². The van der Waals surface area contributed by atoms with Crippen LogP contribution in [0.3, 0.4) is 0 Å². The van der Waals surface area contributed by atoms with Gasteiger partial charge in [-0.1, -0.05) is 24.6 Å². The molecule has 0 radical (unpaired) electrons. The number of benzene rings is 1. The molecule has 0 saturated heterocycles. The smallest absolute Gasteiger partial charge is 0.143 e. The van der Waals surface area contributed by atoms with Crippen molar-refractivity contribution in [2.24, 2.45) is 7.05 Å². The van der Waals surface area contributed by atoms with Crippen LogP contribution in [0.2, 0.25) is 0 Å². The lowest BCUT2D eigenvalue weighted by Gasteiger charge is -2.12. The number of nitriles is 1. The second kappa shape index (κ2) is 5.57. The minimum atomic E-state index is -0.369. The van der Waals surface area contributed by atoms with Gasteiger partial charge in [-0.15, -0.1) is 0 Å². The summed E-state index contributed by atoms with van der Waals surface area (Å²) in [6, 6.07) is 9.97. The van der Waals surface area contributed by atoms with Crippen molar-refractivity contribution < 1.29 is 0 Å². The van der Waals surface area contributed by atoms with E-state index in [1.165, 1.54) is 5.56 Å². The summed E-state index contributed by atoms with van der Waals surface area (Å²) in [4.78, 5) is 0. The van der Waals surface area contributed by atoms with Gasteiger partial charge in [0, 0.05) is 24.5 Å². The average Bonchev–Trinajstić information content (AvgIpc) is 2.79. The molecule has 0 aliphatic heterocycles. The van der Waals surface area contributed by atoms with E-state index in [0.717, 1.165) is 23.4 Å². The van der Waals surface area contributed by atoms with Gasteiger partial charge in [-0.3, -0.25) is 4.68 Å². The first-order chi connectivity index (χ1) is 9.13. The second-order valence-electron chi connectivity index (χ2n) is 4.63. The molecule has 0 bridgehead atoms. The van der Waals surface area contributed by atoms with E-state index in [9.17, 15) is 5.26 Å². The van der Waals surface area contributed by atoms with Crippen molar-refractivity contribution in [1.29, 1.82) is 5.26 Å². The fourth-order valence-corrected chi connectivity index (χ4v) is 2.06. The first-order valence-corrected chi connectivity index (χ1v) is 6.39. The number of nitrogens with one attached hydrogen (secondary N) is 1. The Kier molecular flexibility index (Phi) is 3.86. The van der Waals surface area contributed by atoms with Gasteiger partial charge >= 0.3 is 0 Å². The first-order valence-electron chi connectivity index (χ1n) is 6.39. The number of nitrogens with zero attached hydrogens (tertiary/aromatic N) is 3. The van der Waals surface area contributed by atoms with Crippen LogP contribution in [-0.2, 0) is 13.5 Å². The highest BCUT2D eigenvalue weighted by atomic mass is 15.3. The number of hydrogen-bond acceptors (Lipinski definition) is 3. The summed E-state index contributed by atoms with van der Waals surface area (Å²) in [5.74, 6) is 0. The summed E-state index contributed by atoms with van der Waals surface area (Å²) < 4.78 is 1.76. The quantitative estimate of drug-likeness (QED) is 0.912. The molecule has 1 heterocycles. The lowest BCUT2D eigenvalue weighted by atomic mass is 10.1. The summed E-state index contributed by atoms with van der Waals surface area (Å²) >= 11 is 0. The number of hydrogen-bond donors (Lipinski definition) is 1. The third kappa shape index (κ3) is 2.94. The Morgan fingerprint density at radius 3 is 2.63 bits per heavy atom. The average molecular weight is 254 g/mol. The van der Waals surface area contributed by atoms with Gasteiger partial charge in [0.15, 0.2) is 0 Å². The van der Waals surface area contributed by atoms with E-state index in [2.05, 4.69) is 16.5 Å². The lowest BCUT2D eigenvalue weighted by Crippen LogP contribution is -2.09. The predicted molar refractivity (Wildman–Crippen MR) is 75.7 cm³/mol. The van der Waals surface area contributed by atoms with Crippen LogP contribution in [0, 0.1) is 18.3 Å². The van der Waals surface area contributed by atoms with Gasteiger partial charge < -0.3 is 5.32 Å². The summed E-state index contributed by atoms with van der Waals surface area (Å²) in [5.41, 5.74) is 4.07. The van der Waals surface area contributed by atoms with Gasteiger partial charge in [0.2, 0.25) is 0 Å². The zero-order chi connectivity index (χ0) is 13.8. The Balaban J connectivity index is 2.25. The Morgan fingerprint density at radius 2 is 2.05 bits per heavy atom. The molecule has 2 rings (SSSR count). The molecule has 1 atom stereocenters. The highest BCUT2D eigenvalue weighted by Gasteiger charge is 2.17. The van der Waals surface area contributed by atoms with Gasteiger partial charge in [-0.2, -0.15) is 10.4 Å². The molecule has 98 valence electrons. The molecule has 0 fully saturated rings. The largest absolute Gasteiger partial charge is 0.366 e. The van der Waals surface area contributed by atoms with Gasteiger partial charge in [-0.25, -0.2) is 0 Å². The monoisotopic (exact) mass is 254 g/mol. The van der Waals surface area contributed by atoms with Crippen molar-refractivity contribution in [2.75, 3.05) is 5.32 Å². The Hall–Kier alpha value is -2.28. The van der Waals surface area contributed by atoms with E-state index >= 15 is 0 Å². The fraction of sp³-hybridized carbons (Fsp3) is 0.333. The maximum absolute atomic E-state index is 9.38. The topological polar surface area (TPSA) is 53.6 Å². The maximum atomic E-state index is 9.38. The first kappa shape index (κ1) is 13.2. The van der Waals surface area contributed by atoms with Crippen molar-refractivity contribution in [3.05, 3.63) is 47.3 Å². The summed E-state index contributed by atoms with van der Waals surface area (Å²) in [6.45, 7) is 4.09. The Bertz CT molecular complexity index is 590. The minimum Gasteiger partial charge on any atom is -0.366 e. The molecule has 0 aliphatic rings. The van der Waals surface area contributed by atoms with Crippen LogP contribution < -0.4 is 5.32 Å². The van der Waals surface area contributed by atoms with Gasteiger partial charge in [0.25, 0.3) is 0 Å². The zero-order valence-electron chi connectivity index (χ0n) is 11.5. The van der Waals surface area contributed by atoms with Crippen molar-refractivity contribution in [3.8, 4) is 6.07 Å². The third-order valence-electron chi connectivity index (χ3n) is 3.08. The molecule has 0 amide bonds. The standard InChI is InChI=1S/C15H18N4/c1-4-14-13(10-19(3)18-14)15(9-16)17-12-7-5-11(2)6-8-12/h5-8,10,15,17H,4H2,1-3H3. The van der Waals surface area contributed by atoms with E-state index in [0.29, 0.717) is 0 Å². The van der Waals surface area contributed by atoms with Crippen molar-refractivity contribution >= 4 is 5.69 Å². The molecule has 1 N–H and O–H groups in total. The lowest BCUT2D eigenvalue weighted by molar-refractivity contribution is 0.746. The van der Waals surface area contributed by atoms with E-state index in [1.54, 1.807) is 4.68 Å². The molecule has 1 aromatic heterocycles. The van der Waals surface area contributed by atoms with Crippen molar-refractivity contribution in [1.82, 2.24) is 9.78 Å². The molecule has 1 aromatic carbocycles. The molecule has 2 aromatic rings. The molecule has 0 aliphatic carbocycles. The van der Waals surface area contributed by atoms with Crippen LogP contribution >= 0.6 is 0 Å². The van der Waals surface area contributed by atoms with Crippen molar-refractivity contribution in [2.45, 2.75) is 26.3 Å². The van der Waals surface area contributed by atoms with Crippen LogP contribution in [0.25, 0.3) is 0 Å². The van der Waals surface area contributed by atoms with Crippen LogP contribution in [-0.4, -0.2) is 9.78 Å². The molecule has 4 nitrogen and oxygen atoms in total. The van der Waals surface area contributed by atoms with Gasteiger partial charge in [-0.05, 0) is 25.5 Å². The predicted octanol–water partition coefficient (Wildman–Crippen LogP) is 2.97. The maximum Gasteiger partial charge on any atom is 0.143 e. The fourth-order valence-electron chi connectivity index (χ4n) is 2.06. The molecule has 19 heavy (non-hydrogen) atoms. The summed E-state index contributed by atoms with van der Waals surface area (Å²) in [7, 11) is 1.88. The molecule has 4 heteroatoms. The summed E-state index contributed by atoms with van der Waals surface area (Å²) in [6.07, 6.45) is 2.73. The van der Waals surface area contributed by atoms with E-state index in [-0.39, 0.29) is 6.04 Å². The Morgan fingerprint density at radius 1 is 1.37 bits per heavy atom. The molecule has 1 unspecified atom stereocenters. The molecule has 0 spiro atoms. The summed E-state index contributed by atoms with van der Waals surface area (Å²) in [5, 5.41) is 17.0. The number of anilines is 1. The zero-order valence-corrected chi connectivity index (χ0v) is 11.5. The highest BCUT2D eigenvalue weighted by molar-refractivity contribution is 5.48. The molecular formula is C15H18N4. The van der Waals surface area contributed by atoms with Crippen molar-refractivity contribution in [3.63, 3.8) is 0 Å². The van der Waals surface area contributed by atoms with Crippen LogP contribution in [0.15, 0.2) is 30.5 Å². The SMILES string of the molecule is CCc1nn(C)cc1C(C#N)Nc1ccc(C)cc1. The van der Waals surface area contributed by atoms with E-state index in [1.807, 2.05) is 51.4 Å². The molecule has 0 saturated carbocycles. The number of aromatic nitrogens is 2. The van der Waals surface area contributed by atoms with Gasteiger partial charge in [0.1, 0.15) is 6.04 Å². The second-order valence-corrected chi connectivity index (χ2v) is 4.63. The highest BCUT2D eigenvalue weighted by Crippen LogP contribution is 2.22. The van der Waals surface area contributed by atoms with E-state index < -0.39 is 0 Å².